The summed E-state index contributed by atoms with van der Waals surface area (Å²) in [6.45, 7) is 3.67. The van der Waals surface area contributed by atoms with Crippen LogP contribution in [0, 0.1) is 13.8 Å². The molecule has 13 heteroatoms. The molecule has 1 aliphatic rings. The number of hydrogen-bond acceptors (Lipinski definition) is 11. The summed E-state index contributed by atoms with van der Waals surface area (Å²) in [5.74, 6) is 1.06. The molecule has 1 N–H and O–H groups in total. The first-order valence-electron chi connectivity index (χ1n) is 9.43. The molecule has 0 aliphatic carbocycles. The van der Waals surface area contributed by atoms with Gasteiger partial charge in [-0.2, -0.15) is 9.47 Å². The molecular weight excluding hydrogens is 466 g/mol. The number of amides is 1. The minimum Gasteiger partial charge on any atom is -0.295 e. The van der Waals surface area contributed by atoms with Gasteiger partial charge in [-0.1, -0.05) is 23.5 Å². The Balaban J connectivity index is 1.46. The Labute approximate surface area is 194 Å². The average molecular weight is 482 g/mol. The molecule has 0 aromatic carbocycles. The number of anilines is 1. The van der Waals surface area contributed by atoms with Crippen molar-refractivity contribution >= 4 is 63.0 Å². The Hall–Kier alpha value is -3.16. The van der Waals surface area contributed by atoms with Gasteiger partial charge in [-0.25, -0.2) is 9.97 Å². The molecule has 5 heterocycles. The molecule has 0 saturated carbocycles. The first-order chi connectivity index (χ1) is 15.5. The molecule has 10 nitrogen and oxygen atoms in total. The van der Waals surface area contributed by atoms with Gasteiger partial charge in [0.2, 0.25) is 5.13 Å². The second kappa shape index (κ2) is 8.76. The number of carbonyl (C=O) groups is 1. The molecule has 0 fully saturated rings. The van der Waals surface area contributed by atoms with E-state index in [1.54, 1.807) is 13.1 Å². The predicted molar refractivity (Wildman–Crippen MR) is 125 cm³/mol. The summed E-state index contributed by atoms with van der Waals surface area (Å²) in [6.07, 6.45) is 4.30. The average Bonchev–Trinajstić information content (AvgIpc) is 3.52. The molecule has 0 radical (unpaired) electrons. The van der Waals surface area contributed by atoms with Crippen LogP contribution in [0.3, 0.4) is 0 Å². The summed E-state index contributed by atoms with van der Waals surface area (Å²) < 4.78 is 6.01. The maximum atomic E-state index is 13.1. The van der Waals surface area contributed by atoms with Gasteiger partial charge in [0.25, 0.3) is 5.91 Å². The van der Waals surface area contributed by atoms with Crippen LogP contribution in [0.15, 0.2) is 55.5 Å². The van der Waals surface area contributed by atoms with Crippen molar-refractivity contribution in [2.24, 2.45) is 10.2 Å². The van der Waals surface area contributed by atoms with Crippen molar-refractivity contribution in [3.63, 3.8) is 0 Å². The van der Waals surface area contributed by atoms with E-state index in [4.69, 9.17) is 0 Å². The van der Waals surface area contributed by atoms with Crippen molar-refractivity contribution in [3.8, 4) is 0 Å². The summed E-state index contributed by atoms with van der Waals surface area (Å²) in [6, 6.07) is 7.64. The quantitative estimate of drug-likeness (QED) is 0.456. The van der Waals surface area contributed by atoms with Gasteiger partial charge in [-0.15, -0.1) is 15.3 Å². The lowest BCUT2D eigenvalue weighted by molar-refractivity contribution is 0.101. The van der Waals surface area contributed by atoms with Gasteiger partial charge in [0.1, 0.15) is 27.4 Å². The number of nitrogens with one attached hydrogen (secondary N) is 1. The number of rotatable bonds is 5. The summed E-state index contributed by atoms with van der Waals surface area (Å²) in [7, 11) is 0. The maximum absolute atomic E-state index is 13.1. The summed E-state index contributed by atoms with van der Waals surface area (Å²) >= 11 is 3.95. The molecule has 0 saturated heterocycles. The van der Waals surface area contributed by atoms with Crippen molar-refractivity contribution in [1.82, 2.24) is 28.9 Å². The van der Waals surface area contributed by atoms with E-state index in [0.717, 1.165) is 32.9 Å². The van der Waals surface area contributed by atoms with Crippen LogP contribution in [0.25, 0.3) is 5.65 Å². The van der Waals surface area contributed by atoms with Crippen molar-refractivity contribution in [2.45, 2.75) is 35.1 Å². The molecule has 4 aromatic rings. The highest BCUT2D eigenvalue weighted by atomic mass is 32.2. The predicted octanol–water partition coefficient (Wildman–Crippen LogP) is 3.88. The van der Waals surface area contributed by atoms with Crippen LogP contribution in [0.2, 0.25) is 0 Å². The first kappa shape index (κ1) is 20.7. The minimum absolute atomic E-state index is 0.296. The molecule has 5 rings (SSSR count). The zero-order chi connectivity index (χ0) is 22.1. The normalized spacial score (nSPS) is 13.0. The van der Waals surface area contributed by atoms with Crippen molar-refractivity contribution in [1.29, 1.82) is 0 Å². The van der Waals surface area contributed by atoms with E-state index in [1.165, 1.54) is 23.5 Å². The number of pyridine rings is 2. The fourth-order valence-electron chi connectivity index (χ4n) is 2.86. The summed E-state index contributed by atoms with van der Waals surface area (Å²) in [5.41, 5.74) is 1.03. The summed E-state index contributed by atoms with van der Waals surface area (Å²) in [4.78, 5) is 23.6. The monoisotopic (exact) mass is 481 g/mol. The number of carbonyl (C=O) groups excluding carboxylic acids is 1. The van der Waals surface area contributed by atoms with E-state index in [1.807, 2.05) is 41.8 Å². The molecule has 0 atom stereocenters. The van der Waals surface area contributed by atoms with Gasteiger partial charge in [0, 0.05) is 40.2 Å². The van der Waals surface area contributed by atoms with Crippen LogP contribution in [0.5, 0.6) is 0 Å². The van der Waals surface area contributed by atoms with Crippen molar-refractivity contribution in [3.05, 3.63) is 47.8 Å². The van der Waals surface area contributed by atoms with Crippen molar-refractivity contribution in [2.75, 3.05) is 5.32 Å². The zero-order valence-electron chi connectivity index (χ0n) is 16.9. The first-order valence-corrected chi connectivity index (χ1v) is 11.8. The number of fused-ring (bicyclic) bond motifs is 1. The van der Waals surface area contributed by atoms with Gasteiger partial charge in [-0.05, 0) is 38.1 Å². The molecule has 0 unspecified atom stereocenters. The van der Waals surface area contributed by atoms with Crippen LogP contribution in [0.1, 0.15) is 28.6 Å². The molecule has 4 aromatic heterocycles. The lowest BCUT2D eigenvalue weighted by Crippen LogP contribution is -2.15. The Morgan fingerprint density at radius 1 is 1.16 bits per heavy atom. The maximum Gasteiger partial charge on any atom is 0.277 e. The van der Waals surface area contributed by atoms with E-state index >= 15 is 0 Å². The van der Waals surface area contributed by atoms with E-state index in [0.29, 0.717) is 33.0 Å². The number of thioether (sulfide) groups is 1. The molecule has 0 spiro atoms. The smallest absolute Gasteiger partial charge is 0.277 e. The molecule has 32 heavy (non-hydrogen) atoms. The number of aryl methyl sites for hydroxylation is 2. The van der Waals surface area contributed by atoms with Crippen molar-refractivity contribution < 1.29 is 4.79 Å². The van der Waals surface area contributed by atoms with Gasteiger partial charge in [-0.3, -0.25) is 14.5 Å². The Bertz CT molecular complexity index is 1390. The Morgan fingerprint density at radius 3 is 2.84 bits per heavy atom. The molecular formula is C19H15N9OS3. The van der Waals surface area contributed by atoms with Crippen LogP contribution in [0.4, 0.5) is 5.13 Å². The van der Waals surface area contributed by atoms with Gasteiger partial charge in [0.15, 0.2) is 5.65 Å². The number of hydrogen-bond donors (Lipinski definition) is 1. The van der Waals surface area contributed by atoms with Crippen LogP contribution >= 0.6 is 35.1 Å². The van der Waals surface area contributed by atoms with Crippen LogP contribution in [-0.4, -0.2) is 46.1 Å². The van der Waals surface area contributed by atoms with E-state index in [2.05, 4.69) is 40.1 Å². The highest BCUT2D eigenvalue weighted by molar-refractivity contribution is 8.14. The molecule has 1 aliphatic heterocycles. The van der Waals surface area contributed by atoms with E-state index in [-0.39, 0.29) is 5.91 Å². The fraction of sp³-hybridized carbons (Fsp3) is 0.158. The van der Waals surface area contributed by atoms with Gasteiger partial charge in [0.05, 0.1) is 0 Å². The van der Waals surface area contributed by atoms with E-state index in [9.17, 15) is 4.79 Å². The fourth-order valence-corrected chi connectivity index (χ4v) is 5.11. The minimum atomic E-state index is -0.352. The van der Waals surface area contributed by atoms with Gasteiger partial charge >= 0.3 is 0 Å². The second-order valence-corrected chi connectivity index (χ2v) is 9.60. The summed E-state index contributed by atoms with van der Waals surface area (Å²) in [5, 5.41) is 20.9. The highest BCUT2D eigenvalue weighted by Crippen LogP contribution is 2.33. The second-order valence-electron chi connectivity index (χ2n) is 6.63. The number of nitrogens with zero attached hydrogens (tertiary/aromatic N) is 8. The largest absolute Gasteiger partial charge is 0.295 e. The standard InChI is InChI=1S/C19H15N9OS3/c1-10-21-19(32-27-10)23-18(29)17-13(3-4-15(22-17)31-16-5-7-20-26-16)30-12-6-8-28-11(2)24-25-14(28)9-12/h3-4,6-9H,5H2,1-2H3,(H,21,23,27,29). The molecule has 0 bridgehead atoms. The molecule has 1 amide bonds. The molecule has 160 valence electrons. The van der Waals surface area contributed by atoms with Gasteiger partial charge < -0.3 is 0 Å². The SMILES string of the molecule is Cc1nsc(NC(=O)c2nc(SC3=NN=CC3)ccc2Sc2ccn3c(C)nnc3c2)n1. The Morgan fingerprint density at radius 2 is 2.06 bits per heavy atom. The third-order valence-corrected chi connectivity index (χ3v) is 7.00. The Kier molecular flexibility index (Phi) is 5.68. The highest BCUT2D eigenvalue weighted by Gasteiger charge is 2.19. The van der Waals surface area contributed by atoms with E-state index < -0.39 is 0 Å². The third-order valence-electron chi connectivity index (χ3n) is 4.31. The lowest BCUT2D eigenvalue weighted by atomic mass is 10.3. The topological polar surface area (TPSA) is 123 Å². The lowest BCUT2D eigenvalue weighted by Gasteiger charge is -2.10. The van der Waals surface area contributed by atoms with Crippen LogP contribution in [-0.2, 0) is 0 Å². The zero-order valence-corrected chi connectivity index (χ0v) is 19.3. The van der Waals surface area contributed by atoms with Crippen LogP contribution < -0.4 is 5.32 Å². The number of aromatic nitrogens is 6. The third kappa shape index (κ3) is 4.40.